The van der Waals surface area contributed by atoms with E-state index in [0.29, 0.717) is 52.9 Å². The minimum absolute atomic E-state index is 0.157. The van der Waals surface area contributed by atoms with Crippen molar-refractivity contribution in [1.82, 2.24) is 18.8 Å². The Bertz CT molecular complexity index is 2100. The quantitative estimate of drug-likeness (QED) is 0.182. The van der Waals surface area contributed by atoms with Crippen molar-refractivity contribution in [1.29, 1.82) is 0 Å². The second-order valence-corrected chi connectivity index (χ2v) is 14.7. The van der Waals surface area contributed by atoms with Gasteiger partial charge in [0, 0.05) is 41.6 Å². The minimum atomic E-state index is -3.91. The van der Waals surface area contributed by atoms with E-state index in [-0.39, 0.29) is 34.2 Å². The molecule has 6 rings (SSSR count). The van der Waals surface area contributed by atoms with E-state index in [1.165, 1.54) is 16.4 Å². The third kappa shape index (κ3) is 7.14. The highest BCUT2D eigenvalue weighted by molar-refractivity contribution is 7.90. The number of rotatable bonds is 7. The van der Waals surface area contributed by atoms with Crippen molar-refractivity contribution < 1.29 is 22.7 Å². The number of carbonyl (C=O) groups is 2. The van der Waals surface area contributed by atoms with E-state index in [1.54, 1.807) is 71.6 Å². The molecule has 3 heterocycles. The van der Waals surface area contributed by atoms with Crippen molar-refractivity contribution in [3.63, 3.8) is 0 Å². The van der Waals surface area contributed by atoms with Gasteiger partial charge in [-0.25, -0.2) is 27.2 Å². The molecule has 1 saturated heterocycles. The van der Waals surface area contributed by atoms with E-state index >= 15 is 0 Å². The molecule has 48 heavy (non-hydrogen) atoms. The van der Waals surface area contributed by atoms with Crippen LogP contribution in [0.5, 0.6) is 0 Å². The number of hydrogen-bond donors (Lipinski definition) is 2. The van der Waals surface area contributed by atoms with E-state index in [4.69, 9.17) is 16.3 Å². The third-order valence-electron chi connectivity index (χ3n) is 7.81. The summed E-state index contributed by atoms with van der Waals surface area (Å²) in [6.45, 7) is 6.27. The molecule has 0 unspecified atom stereocenters. The van der Waals surface area contributed by atoms with Crippen LogP contribution >= 0.6 is 11.6 Å². The number of halogens is 1. The lowest BCUT2D eigenvalue weighted by Crippen LogP contribution is -2.45. The van der Waals surface area contributed by atoms with E-state index in [2.05, 4.69) is 20.6 Å². The van der Waals surface area contributed by atoms with Gasteiger partial charge in [0.05, 0.1) is 33.2 Å². The number of para-hydroxylation sites is 1. The summed E-state index contributed by atoms with van der Waals surface area (Å²) in [7, 11) is -3.91. The fraction of sp³-hybridized carbons (Fsp3) is 0.257. The van der Waals surface area contributed by atoms with Crippen LogP contribution in [-0.4, -0.2) is 57.9 Å². The van der Waals surface area contributed by atoms with Gasteiger partial charge in [-0.1, -0.05) is 54.1 Å². The average molecular weight is 687 g/mol. The lowest BCUT2D eigenvalue weighted by atomic mass is 9.97. The van der Waals surface area contributed by atoms with E-state index in [1.807, 2.05) is 32.9 Å². The highest BCUT2D eigenvalue weighted by Crippen LogP contribution is 2.36. The molecule has 0 saturated carbocycles. The van der Waals surface area contributed by atoms with Crippen LogP contribution in [0, 0.1) is 5.92 Å². The maximum Gasteiger partial charge on any atom is 0.410 e. The Hall–Kier alpha value is -4.94. The van der Waals surface area contributed by atoms with Crippen molar-refractivity contribution in [3.8, 4) is 11.3 Å². The number of ether oxygens (including phenoxy) is 1. The number of likely N-dealkylation sites (tertiary alicyclic amines) is 1. The average Bonchev–Trinajstić information content (AvgIpc) is 3.46. The van der Waals surface area contributed by atoms with E-state index in [9.17, 15) is 18.0 Å². The molecule has 1 aliphatic rings. The molecule has 3 aromatic carbocycles. The lowest BCUT2D eigenvalue weighted by molar-refractivity contribution is -0.121. The summed E-state index contributed by atoms with van der Waals surface area (Å²) in [6.07, 6.45) is 3.92. The van der Waals surface area contributed by atoms with Crippen molar-refractivity contribution in [2.24, 2.45) is 5.92 Å². The summed E-state index contributed by atoms with van der Waals surface area (Å²) in [5.74, 6) is -0.342. The van der Waals surface area contributed by atoms with Gasteiger partial charge in [0.1, 0.15) is 5.60 Å². The topological polar surface area (TPSA) is 136 Å². The third-order valence-corrected chi connectivity index (χ3v) is 9.77. The van der Waals surface area contributed by atoms with Crippen LogP contribution in [0.3, 0.4) is 0 Å². The van der Waals surface area contributed by atoms with Gasteiger partial charge in [-0.05, 0) is 70.0 Å². The number of carbonyl (C=O) groups excluding carboxylic acids is 2. The van der Waals surface area contributed by atoms with Crippen molar-refractivity contribution in [3.05, 3.63) is 96.3 Å². The maximum absolute atomic E-state index is 13.6. The highest BCUT2D eigenvalue weighted by atomic mass is 35.5. The Morgan fingerprint density at radius 1 is 0.979 bits per heavy atom. The van der Waals surface area contributed by atoms with Crippen LogP contribution in [-0.2, 0) is 19.6 Å². The number of nitrogens with zero attached hydrogens (tertiary/aromatic N) is 4. The maximum atomic E-state index is 13.6. The van der Waals surface area contributed by atoms with Gasteiger partial charge >= 0.3 is 6.09 Å². The number of piperidine rings is 1. The van der Waals surface area contributed by atoms with Gasteiger partial charge in [-0.2, -0.15) is 0 Å². The summed E-state index contributed by atoms with van der Waals surface area (Å²) in [6, 6.07) is 22.5. The predicted octanol–water partition coefficient (Wildman–Crippen LogP) is 7.32. The SMILES string of the molecule is CC(C)(C)OC(=O)N1CCC[C@H](C(=O)Nc2cccc(Nc3ncc(Cl)c(-c4cn(S(=O)(=O)c5ccccc5)c5ccccc45)n3)c2)C1. The smallest absolute Gasteiger partial charge is 0.410 e. The summed E-state index contributed by atoms with van der Waals surface area (Å²) in [4.78, 5) is 36.5. The Kier molecular flexibility index (Phi) is 9.13. The zero-order valence-electron chi connectivity index (χ0n) is 26.7. The molecule has 0 spiro atoms. The number of aromatic nitrogens is 3. The fourth-order valence-corrected chi connectivity index (χ4v) is 7.17. The van der Waals surface area contributed by atoms with Gasteiger partial charge in [0.15, 0.2) is 0 Å². The summed E-state index contributed by atoms with van der Waals surface area (Å²) < 4.78 is 34.0. The number of benzene rings is 3. The molecule has 248 valence electrons. The number of anilines is 3. The molecular weight excluding hydrogens is 652 g/mol. The zero-order chi connectivity index (χ0) is 34.1. The molecule has 0 bridgehead atoms. The normalized spacial score (nSPS) is 15.2. The Morgan fingerprint density at radius 3 is 2.48 bits per heavy atom. The summed E-state index contributed by atoms with van der Waals surface area (Å²) >= 11 is 6.60. The van der Waals surface area contributed by atoms with Crippen LogP contribution in [0.2, 0.25) is 5.02 Å². The molecule has 2 aromatic heterocycles. The molecular formula is C35H35ClN6O5S. The first-order chi connectivity index (χ1) is 22.9. The van der Waals surface area contributed by atoms with Crippen molar-refractivity contribution in [2.75, 3.05) is 23.7 Å². The molecule has 2 amide bonds. The molecule has 0 aliphatic carbocycles. The Labute approximate surface area is 284 Å². The molecule has 11 nitrogen and oxygen atoms in total. The molecule has 1 aliphatic heterocycles. The monoisotopic (exact) mass is 686 g/mol. The van der Waals surface area contributed by atoms with Gasteiger partial charge in [-0.3, -0.25) is 4.79 Å². The van der Waals surface area contributed by atoms with Gasteiger partial charge in [-0.15, -0.1) is 0 Å². The first kappa shape index (κ1) is 33.0. The molecule has 5 aromatic rings. The number of amides is 2. The first-order valence-corrected chi connectivity index (χ1v) is 17.3. The first-order valence-electron chi connectivity index (χ1n) is 15.5. The van der Waals surface area contributed by atoms with Gasteiger partial charge < -0.3 is 20.3 Å². The van der Waals surface area contributed by atoms with Gasteiger partial charge in [0.25, 0.3) is 10.0 Å². The van der Waals surface area contributed by atoms with Crippen LogP contribution in [0.15, 0.2) is 96.2 Å². The number of nitrogens with one attached hydrogen (secondary N) is 2. The summed E-state index contributed by atoms with van der Waals surface area (Å²) in [5, 5.41) is 7.02. The number of fused-ring (bicyclic) bond motifs is 1. The predicted molar refractivity (Wildman–Crippen MR) is 186 cm³/mol. The van der Waals surface area contributed by atoms with E-state index < -0.39 is 21.7 Å². The van der Waals surface area contributed by atoms with Crippen LogP contribution in [0.4, 0.5) is 22.1 Å². The molecule has 13 heteroatoms. The second-order valence-electron chi connectivity index (χ2n) is 12.5. The number of hydrogen-bond acceptors (Lipinski definition) is 8. The lowest BCUT2D eigenvalue weighted by Gasteiger charge is -2.33. The molecule has 0 radical (unpaired) electrons. The molecule has 2 N–H and O–H groups in total. The van der Waals surface area contributed by atoms with Gasteiger partial charge in [0.2, 0.25) is 11.9 Å². The highest BCUT2D eigenvalue weighted by Gasteiger charge is 2.31. The van der Waals surface area contributed by atoms with Crippen molar-refractivity contribution >= 4 is 61.9 Å². The van der Waals surface area contributed by atoms with Crippen LogP contribution in [0.1, 0.15) is 33.6 Å². The zero-order valence-corrected chi connectivity index (χ0v) is 28.3. The van der Waals surface area contributed by atoms with E-state index in [0.717, 1.165) is 0 Å². The summed E-state index contributed by atoms with van der Waals surface area (Å²) in [5.41, 5.74) is 1.90. The van der Waals surface area contributed by atoms with Crippen LogP contribution in [0.25, 0.3) is 22.2 Å². The van der Waals surface area contributed by atoms with Crippen LogP contribution < -0.4 is 10.6 Å². The largest absolute Gasteiger partial charge is 0.444 e. The Morgan fingerprint density at radius 2 is 1.71 bits per heavy atom. The second kappa shape index (κ2) is 13.3. The fourth-order valence-electron chi connectivity index (χ4n) is 5.59. The standard InChI is InChI=1S/C35H35ClN6O5S/c1-35(2,3)47-34(44)41-18-10-11-23(21-41)32(43)38-24-12-9-13-25(19-24)39-33-37-20-29(36)31(40-33)28-22-42(30-17-8-7-16-27(28)30)48(45,46)26-14-5-4-6-15-26/h4-9,12-17,19-20,22-23H,10-11,18,21H2,1-3H3,(H,38,43)(H,37,39,40)/t23-/m0/s1. The minimum Gasteiger partial charge on any atom is -0.444 e. The Balaban J connectivity index is 1.22. The molecule has 1 atom stereocenters. The molecule has 1 fully saturated rings. The van der Waals surface area contributed by atoms with Crippen molar-refractivity contribution in [2.45, 2.75) is 44.1 Å².